The Bertz CT molecular complexity index is 2160. The van der Waals surface area contributed by atoms with Crippen molar-refractivity contribution in [2.45, 2.75) is 64.0 Å². The van der Waals surface area contributed by atoms with Gasteiger partial charge in [0.25, 0.3) is 0 Å². The molecule has 50 heavy (non-hydrogen) atoms. The summed E-state index contributed by atoms with van der Waals surface area (Å²) in [6, 6.07) is 12.3. The number of rotatable bonds is 5. The van der Waals surface area contributed by atoms with Gasteiger partial charge in [-0.2, -0.15) is 0 Å². The number of nitrogens with zero attached hydrogens (tertiary/aromatic N) is 4. The highest BCUT2D eigenvalue weighted by Crippen LogP contribution is 2.38. The van der Waals surface area contributed by atoms with Crippen LogP contribution in [0.25, 0.3) is 22.3 Å². The largest absolute Gasteiger partial charge is 0.466 e. The standard InChI is InChI=1S/C37H35F3N6O4/c1-2-49-34(48)13-10-21-6-5-8-25(35(21)40)23-7-3-4-9-33(47)32-20-46(45-44-32)19-27-24-14-15-41-30(24)17-29(39)36(27)50-22-11-12-28(38)26(16-22)37-42-18-31(23)43-37/h5-6,8,11-12,14-18,20,23,33,41,47H,2-4,7,9-10,13,19H2,1H3,(H,42,43). The summed E-state index contributed by atoms with van der Waals surface area (Å²) in [5, 5.41) is 20.1. The van der Waals surface area contributed by atoms with Crippen molar-refractivity contribution >= 4 is 16.9 Å². The summed E-state index contributed by atoms with van der Waals surface area (Å²) in [5.41, 5.74) is 2.82. The van der Waals surface area contributed by atoms with Crippen molar-refractivity contribution in [3.8, 4) is 22.9 Å². The second kappa shape index (κ2) is 14.2. The number of esters is 1. The average molecular weight is 685 g/mol. The predicted octanol–water partition coefficient (Wildman–Crippen LogP) is 7.64. The summed E-state index contributed by atoms with van der Waals surface area (Å²) < 4.78 is 59.8. The maximum Gasteiger partial charge on any atom is 0.306 e. The van der Waals surface area contributed by atoms with Crippen LogP contribution >= 0.6 is 0 Å². The van der Waals surface area contributed by atoms with Gasteiger partial charge in [-0.15, -0.1) is 5.10 Å². The van der Waals surface area contributed by atoms with Gasteiger partial charge >= 0.3 is 5.97 Å². The van der Waals surface area contributed by atoms with Crippen molar-refractivity contribution < 1.29 is 32.5 Å². The lowest BCUT2D eigenvalue weighted by molar-refractivity contribution is -0.143. The first kappa shape index (κ1) is 33.1. The summed E-state index contributed by atoms with van der Waals surface area (Å²) in [4.78, 5) is 22.7. The van der Waals surface area contributed by atoms with Crippen molar-refractivity contribution in [3.63, 3.8) is 0 Å². The summed E-state index contributed by atoms with van der Waals surface area (Å²) in [7, 11) is 0. The second-order valence-electron chi connectivity index (χ2n) is 12.4. The third-order valence-electron chi connectivity index (χ3n) is 9.08. The number of ether oxygens (including phenoxy) is 2. The Hall–Kier alpha value is -5.43. The maximum absolute atomic E-state index is 16.1. The van der Waals surface area contributed by atoms with E-state index in [4.69, 9.17) is 9.47 Å². The second-order valence-corrected chi connectivity index (χ2v) is 12.4. The molecule has 7 rings (SSSR count). The number of nitrogens with one attached hydrogen (secondary N) is 2. The molecule has 0 aliphatic carbocycles. The van der Waals surface area contributed by atoms with E-state index in [1.807, 2.05) is 0 Å². The van der Waals surface area contributed by atoms with Crippen molar-refractivity contribution in [1.29, 1.82) is 0 Å². The Morgan fingerprint density at radius 1 is 1.10 bits per heavy atom. The number of H-pyrrole nitrogens is 2. The van der Waals surface area contributed by atoms with Gasteiger partial charge in [-0.25, -0.2) is 22.8 Å². The first-order valence-corrected chi connectivity index (χ1v) is 16.6. The van der Waals surface area contributed by atoms with Gasteiger partial charge in [0.2, 0.25) is 0 Å². The molecule has 1 aliphatic heterocycles. The molecule has 4 heterocycles. The van der Waals surface area contributed by atoms with Gasteiger partial charge in [0.05, 0.1) is 31.0 Å². The van der Waals surface area contributed by atoms with E-state index < -0.39 is 35.4 Å². The fourth-order valence-electron chi connectivity index (χ4n) is 6.56. The van der Waals surface area contributed by atoms with E-state index in [2.05, 4.69) is 25.3 Å². The van der Waals surface area contributed by atoms with Gasteiger partial charge in [0.15, 0.2) is 11.6 Å². The maximum atomic E-state index is 16.1. The summed E-state index contributed by atoms with van der Waals surface area (Å²) in [6.45, 7) is 2.05. The van der Waals surface area contributed by atoms with Crippen LogP contribution in [0.3, 0.4) is 0 Å². The summed E-state index contributed by atoms with van der Waals surface area (Å²) >= 11 is 0. The smallest absolute Gasteiger partial charge is 0.306 e. The SMILES string of the molecule is CCOC(=O)CCc1cccc(C2CCCCC(O)c3cn(nn3)Cc3c(c(F)cc4[nH]ccc34)Oc3ccc(F)c(c3)-c3ncc2[nH]3)c1F. The fraction of sp³-hybridized carbons (Fsp3) is 0.297. The van der Waals surface area contributed by atoms with Crippen LogP contribution in [-0.4, -0.2) is 47.6 Å². The third kappa shape index (κ3) is 6.73. The van der Waals surface area contributed by atoms with Crippen molar-refractivity contribution in [3.05, 3.63) is 113 Å². The van der Waals surface area contributed by atoms with Crippen LogP contribution in [0.4, 0.5) is 13.2 Å². The highest BCUT2D eigenvalue weighted by atomic mass is 19.1. The fourth-order valence-corrected chi connectivity index (χ4v) is 6.56. The van der Waals surface area contributed by atoms with Crippen LogP contribution in [0.15, 0.2) is 67.1 Å². The van der Waals surface area contributed by atoms with E-state index in [1.165, 1.54) is 28.9 Å². The van der Waals surface area contributed by atoms with Crippen LogP contribution in [0, 0.1) is 17.5 Å². The minimum absolute atomic E-state index is 0.0394. The number of aliphatic hydroxyl groups is 1. The average Bonchev–Trinajstić information content (AvgIpc) is 3.88. The van der Waals surface area contributed by atoms with Gasteiger partial charge in [0, 0.05) is 53.0 Å². The Morgan fingerprint density at radius 2 is 1.96 bits per heavy atom. The molecule has 0 fully saturated rings. The molecule has 258 valence electrons. The molecule has 0 radical (unpaired) electrons. The van der Waals surface area contributed by atoms with Crippen molar-refractivity contribution in [2.75, 3.05) is 6.61 Å². The van der Waals surface area contributed by atoms with Crippen LogP contribution in [-0.2, 0) is 22.5 Å². The van der Waals surface area contributed by atoms with E-state index in [0.29, 0.717) is 64.7 Å². The minimum atomic E-state index is -0.911. The molecule has 2 atom stereocenters. The molecule has 10 nitrogen and oxygen atoms in total. The molecular formula is C37H35F3N6O4. The molecule has 3 aromatic carbocycles. The Labute approximate surface area is 285 Å². The lowest BCUT2D eigenvalue weighted by atomic mass is 9.88. The number of aryl methyl sites for hydroxylation is 1. The molecule has 0 saturated carbocycles. The number of benzene rings is 3. The molecule has 3 N–H and O–H groups in total. The van der Waals surface area contributed by atoms with Crippen molar-refractivity contribution in [1.82, 2.24) is 29.9 Å². The van der Waals surface area contributed by atoms with E-state index in [9.17, 15) is 9.90 Å². The lowest BCUT2D eigenvalue weighted by Gasteiger charge is -2.19. The number of carbonyl (C=O) groups excluding carboxylic acids is 1. The third-order valence-corrected chi connectivity index (χ3v) is 9.08. The number of aliphatic hydroxyl groups excluding tert-OH is 1. The van der Waals surface area contributed by atoms with Gasteiger partial charge in [-0.05, 0) is 61.6 Å². The number of fused-ring (bicyclic) bond motifs is 10. The number of carbonyl (C=O) groups is 1. The molecule has 0 spiro atoms. The zero-order chi connectivity index (χ0) is 34.8. The first-order chi connectivity index (χ1) is 24.3. The molecular weight excluding hydrogens is 649 g/mol. The van der Waals surface area contributed by atoms with Gasteiger partial charge in [0.1, 0.15) is 28.9 Å². The van der Waals surface area contributed by atoms with E-state index in [0.717, 1.165) is 0 Å². The number of hydrogen-bond donors (Lipinski definition) is 3. The van der Waals surface area contributed by atoms with Crippen LogP contribution in [0.2, 0.25) is 0 Å². The summed E-state index contributed by atoms with van der Waals surface area (Å²) in [5.74, 6) is -2.28. The van der Waals surface area contributed by atoms with E-state index in [1.54, 1.807) is 49.8 Å². The number of imidazole rings is 1. The highest BCUT2D eigenvalue weighted by molar-refractivity contribution is 5.85. The van der Waals surface area contributed by atoms with E-state index in [-0.39, 0.29) is 48.9 Å². The topological polar surface area (TPSA) is 131 Å². The normalized spacial score (nSPS) is 16.6. The molecule has 2 unspecified atom stereocenters. The zero-order valence-corrected chi connectivity index (χ0v) is 27.3. The Morgan fingerprint density at radius 3 is 2.82 bits per heavy atom. The number of aromatic nitrogens is 6. The number of halogens is 3. The molecule has 13 heteroatoms. The molecule has 1 aliphatic rings. The van der Waals surface area contributed by atoms with E-state index >= 15 is 13.2 Å². The van der Waals surface area contributed by atoms with Gasteiger partial charge in [-0.3, -0.25) is 4.79 Å². The van der Waals surface area contributed by atoms with Crippen LogP contribution < -0.4 is 4.74 Å². The number of hydrogen-bond acceptors (Lipinski definition) is 7. The monoisotopic (exact) mass is 684 g/mol. The zero-order valence-electron chi connectivity index (χ0n) is 27.3. The first-order valence-electron chi connectivity index (χ1n) is 16.6. The van der Waals surface area contributed by atoms with Gasteiger partial charge < -0.3 is 24.5 Å². The Kier molecular flexibility index (Phi) is 9.40. The predicted molar refractivity (Wildman–Crippen MR) is 178 cm³/mol. The molecule has 0 saturated heterocycles. The molecule has 6 aromatic rings. The minimum Gasteiger partial charge on any atom is -0.466 e. The quantitative estimate of drug-likeness (QED) is 0.159. The van der Waals surface area contributed by atoms with Crippen molar-refractivity contribution in [2.24, 2.45) is 0 Å². The molecule has 6 bridgehead atoms. The van der Waals surface area contributed by atoms with Crippen LogP contribution in [0.1, 0.15) is 79.1 Å². The summed E-state index contributed by atoms with van der Waals surface area (Å²) in [6.07, 6.45) is 6.20. The molecule has 0 amide bonds. The Balaban J connectivity index is 1.29. The lowest BCUT2D eigenvalue weighted by Crippen LogP contribution is -2.09. The van der Waals surface area contributed by atoms with Gasteiger partial charge in [-0.1, -0.05) is 36.3 Å². The molecule has 3 aromatic heterocycles. The number of aromatic amines is 2. The van der Waals surface area contributed by atoms with Crippen LogP contribution in [0.5, 0.6) is 11.5 Å². The highest BCUT2D eigenvalue weighted by Gasteiger charge is 2.25.